The van der Waals surface area contributed by atoms with Gasteiger partial charge < -0.3 is 25.4 Å². The molecule has 50 heavy (non-hydrogen) atoms. The van der Waals surface area contributed by atoms with Crippen LogP contribution in [0.1, 0.15) is 52.0 Å². The number of ether oxygens (including phenoxy) is 2. The quantitative estimate of drug-likeness (QED) is 0.203. The van der Waals surface area contributed by atoms with Crippen molar-refractivity contribution in [3.8, 4) is 17.2 Å². The minimum absolute atomic E-state index is 0.0135. The highest BCUT2D eigenvalue weighted by atomic mass is 79.9. The highest BCUT2D eigenvalue weighted by Gasteiger charge is 2.33. The number of halogens is 6. The van der Waals surface area contributed by atoms with E-state index in [1.807, 2.05) is 0 Å². The van der Waals surface area contributed by atoms with Crippen molar-refractivity contribution in [2.45, 2.75) is 45.3 Å². The second-order valence-corrected chi connectivity index (χ2v) is 12.6. The summed E-state index contributed by atoms with van der Waals surface area (Å²) in [5.74, 6) is -2.81. The van der Waals surface area contributed by atoms with Crippen molar-refractivity contribution in [2.75, 3.05) is 13.2 Å². The lowest BCUT2D eigenvalue weighted by molar-refractivity contribution is -0.153. The number of alkyl halides is 3. The van der Waals surface area contributed by atoms with E-state index in [0.717, 1.165) is 10.6 Å². The number of primary amides is 1. The maximum Gasteiger partial charge on any atom is 0.422 e. The van der Waals surface area contributed by atoms with Crippen LogP contribution in [-0.4, -0.2) is 57.2 Å². The first-order valence-electron chi connectivity index (χ1n) is 15.0. The predicted octanol–water partition coefficient (Wildman–Crippen LogP) is 5.53. The Labute approximate surface area is 295 Å². The van der Waals surface area contributed by atoms with Crippen LogP contribution in [-0.2, 0) is 17.9 Å². The van der Waals surface area contributed by atoms with E-state index in [4.69, 9.17) is 26.8 Å². The van der Waals surface area contributed by atoms with Gasteiger partial charge in [0.1, 0.15) is 23.0 Å². The van der Waals surface area contributed by atoms with E-state index in [9.17, 15) is 32.3 Å². The zero-order valence-corrected chi connectivity index (χ0v) is 28.7. The molecule has 0 aliphatic carbocycles. The zero-order chi connectivity index (χ0) is 36.5. The molecule has 1 aliphatic heterocycles. The van der Waals surface area contributed by atoms with Gasteiger partial charge in [-0.2, -0.15) is 13.2 Å². The molecular weight excluding hydrogens is 754 g/mol. The van der Waals surface area contributed by atoms with Crippen LogP contribution in [0.4, 0.5) is 17.6 Å². The number of fused-ring (bicyclic) bond motifs is 1. The number of carbonyl (C=O) groups is 3. The van der Waals surface area contributed by atoms with Crippen LogP contribution in [0.3, 0.4) is 0 Å². The van der Waals surface area contributed by atoms with E-state index in [-0.39, 0.29) is 59.3 Å². The Morgan fingerprint density at radius 3 is 2.32 bits per heavy atom. The molecule has 3 aromatic carbocycles. The van der Waals surface area contributed by atoms with Crippen molar-refractivity contribution in [2.24, 2.45) is 5.73 Å². The monoisotopic (exact) mass is 781 g/mol. The van der Waals surface area contributed by atoms with E-state index in [1.165, 1.54) is 65.8 Å². The average molecular weight is 783 g/mol. The third-order valence-corrected chi connectivity index (χ3v) is 9.08. The Bertz CT molecular complexity index is 2020. The lowest BCUT2D eigenvalue weighted by Gasteiger charge is -2.28. The van der Waals surface area contributed by atoms with Gasteiger partial charge in [-0.25, -0.2) is 9.18 Å². The highest BCUT2D eigenvalue weighted by Crippen LogP contribution is 2.28. The smallest absolute Gasteiger partial charge is 0.422 e. The highest BCUT2D eigenvalue weighted by molar-refractivity contribution is 9.10. The zero-order valence-electron chi connectivity index (χ0n) is 26.4. The van der Waals surface area contributed by atoms with Crippen LogP contribution in [0.5, 0.6) is 11.5 Å². The topological polar surface area (TPSA) is 138 Å². The van der Waals surface area contributed by atoms with E-state index in [0.29, 0.717) is 9.50 Å². The van der Waals surface area contributed by atoms with Crippen molar-refractivity contribution >= 4 is 45.3 Å². The van der Waals surface area contributed by atoms with Gasteiger partial charge in [0.2, 0.25) is 0 Å². The van der Waals surface area contributed by atoms with Gasteiger partial charge >= 0.3 is 11.9 Å². The summed E-state index contributed by atoms with van der Waals surface area (Å²) in [6, 6.07) is 12.6. The fourth-order valence-corrected chi connectivity index (χ4v) is 5.74. The Morgan fingerprint density at radius 2 is 1.70 bits per heavy atom. The molecule has 0 radical (unpaired) electrons. The fourth-order valence-electron chi connectivity index (χ4n) is 5.31. The number of hydrogen-bond donors (Lipinski definition) is 2. The first-order chi connectivity index (χ1) is 23.5. The van der Waals surface area contributed by atoms with Crippen molar-refractivity contribution in [3.05, 3.63) is 109 Å². The molecule has 2 atom stereocenters. The van der Waals surface area contributed by atoms with Crippen LogP contribution >= 0.6 is 27.5 Å². The second-order valence-electron chi connectivity index (χ2n) is 11.4. The molecule has 0 spiro atoms. The van der Waals surface area contributed by atoms with Crippen LogP contribution in [0.15, 0.2) is 69.9 Å². The number of benzene rings is 3. The number of nitrogens with one attached hydrogen (secondary N) is 1. The number of carbonyl (C=O) groups excluding carboxylic acids is 3. The maximum absolute atomic E-state index is 15.2. The molecule has 1 aromatic heterocycles. The fraction of sp³-hybridized carbons (Fsp3) is 0.273. The molecule has 0 bridgehead atoms. The standard InChI is InChI=1S/C33H29BrClF4N5O6/c1-17(23-9-8-22(14-26(23)36)50-18(2)29(40)45)41-30(46)28-27-15-42(31(47)19-3-10-24(34)25(35)13-19)11-12-43(27)32(48)44(28)20-4-6-21(7-5-20)49-16-33(37,38)39/h3-10,13-14,17-18H,11-12,15-16H2,1-2H3,(H2,40,45)(H,41,46)/t17-,18+/m0/s1. The van der Waals surface area contributed by atoms with E-state index in [1.54, 1.807) is 12.1 Å². The molecular formula is C33H29BrClF4N5O6. The molecule has 11 nitrogen and oxygen atoms in total. The normalized spacial score (nSPS) is 14.0. The van der Waals surface area contributed by atoms with Crippen LogP contribution in [0.25, 0.3) is 5.69 Å². The molecule has 0 fully saturated rings. The van der Waals surface area contributed by atoms with Gasteiger partial charge in [0.15, 0.2) is 12.7 Å². The third-order valence-electron chi connectivity index (χ3n) is 7.84. The molecule has 5 rings (SSSR count). The van der Waals surface area contributed by atoms with Crippen molar-refractivity contribution in [1.29, 1.82) is 0 Å². The van der Waals surface area contributed by atoms with Gasteiger partial charge in [-0.05, 0) is 78.3 Å². The van der Waals surface area contributed by atoms with Gasteiger partial charge in [-0.1, -0.05) is 17.7 Å². The minimum Gasteiger partial charge on any atom is -0.484 e. The SMILES string of the molecule is C[C@H](NC(=O)c1c2n(c(=O)n1-c1ccc(OCC(F)(F)F)cc1)CCN(C(=O)c1ccc(Br)c(Cl)c1)C2)c1ccc(O[C@H](C)C(N)=O)cc1F. The summed E-state index contributed by atoms with van der Waals surface area (Å²) in [4.78, 5) is 54.2. The number of rotatable bonds is 10. The molecule has 3 N–H and O–H groups in total. The van der Waals surface area contributed by atoms with Gasteiger partial charge in [0.25, 0.3) is 17.7 Å². The number of nitrogens with two attached hydrogens (primary N) is 1. The lowest BCUT2D eigenvalue weighted by Crippen LogP contribution is -2.41. The van der Waals surface area contributed by atoms with Crippen LogP contribution in [0.2, 0.25) is 5.02 Å². The molecule has 264 valence electrons. The predicted molar refractivity (Wildman–Crippen MR) is 177 cm³/mol. The Kier molecular flexibility index (Phi) is 10.6. The van der Waals surface area contributed by atoms with Crippen molar-refractivity contribution in [3.63, 3.8) is 0 Å². The Balaban J connectivity index is 1.50. The molecule has 0 unspecified atom stereocenters. The molecule has 1 aliphatic rings. The summed E-state index contributed by atoms with van der Waals surface area (Å²) in [7, 11) is 0. The lowest BCUT2D eigenvalue weighted by atomic mass is 10.1. The summed E-state index contributed by atoms with van der Waals surface area (Å²) in [5.41, 5.74) is 5.02. The van der Waals surface area contributed by atoms with Crippen LogP contribution in [0, 0.1) is 5.82 Å². The first kappa shape index (κ1) is 36.5. The summed E-state index contributed by atoms with van der Waals surface area (Å²) >= 11 is 9.50. The van der Waals surface area contributed by atoms with E-state index >= 15 is 4.39 Å². The molecule has 0 saturated carbocycles. The number of nitrogens with zero attached hydrogens (tertiary/aromatic N) is 3. The number of imidazole rings is 1. The van der Waals surface area contributed by atoms with Crippen molar-refractivity contribution < 1.29 is 41.4 Å². The summed E-state index contributed by atoms with van der Waals surface area (Å²) in [5, 5.41) is 3.01. The first-order valence-corrected chi connectivity index (χ1v) is 16.2. The Hall–Kier alpha value is -4.83. The largest absolute Gasteiger partial charge is 0.484 e. The van der Waals surface area contributed by atoms with Crippen LogP contribution < -0.4 is 26.2 Å². The van der Waals surface area contributed by atoms with Gasteiger partial charge in [0, 0.05) is 34.8 Å². The summed E-state index contributed by atoms with van der Waals surface area (Å²) < 4.78 is 66.4. The van der Waals surface area contributed by atoms with Gasteiger partial charge in [-0.15, -0.1) is 0 Å². The number of aromatic nitrogens is 2. The summed E-state index contributed by atoms with van der Waals surface area (Å²) in [6.07, 6.45) is -5.59. The number of hydrogen-bond acceptors (Lipinski definition) is 6. The molecule has 17 heteroatoms. The molecule has 0 saturated heterocycles. The maximum atomic E-state index is 15.2. The number of amides is 3. The van der Waals surface area contributed by atoms with E-state index in [2.05, 4.69) is 21.2 Å². The molecule has 3 amide bonds. The summed E-state index contributed by atoms with van der Waals surface area (Å²) in [6.45, 7) is 1.34. The minimum atomic E-state index is -4.57. The molecule has 2 heterocycles. The van der Waals surface area contributed by atoms with Gasteiger partial charge in [-0.3, -0.25) is 23.5 Å². The van der Waals surface area contributed by atoms with Gasteiger partial charge in [0.05, 0.1) is 29.0 Å². The third kappa shape index (κ3) is 7.97. The second kappa shape index (κ2) is 14.6. The molecule has 4 aromatic rings. The Morgan fingerprint density at radius 1 is 1.02 bits per heavy atom. The van der Waals surface area contributed by atoms with E-state index < -0.39 is 54.2 Å². The average Bonchev–Trinajstić information content (AvgIpc) is 3.35. The van der Waals surface area contributed by atoms with Crippen molar-refractivity contribution in [1.82, 2.24) is 19.4 Å².